The molecule has 32 heavy (non-hydrogen) atoms. The highest BCUT2D eigenvalue weighted by Gasteiger charge is 2.38. The Labute approximate surface area is 195 Å². The maximum atomic E-state index is 13.5. The molecule has 0 spiro atoms. The molecule has 1 aliphatic heterocycles. The van der Waals surface area contributed by atoms with Crippen molar-refractivity contribution in [1.82, 2.24) is 5.32 Å². The number of halogens is 1. The highest BCUT2D eigenvalue weighted by atomic mass is 35.5. The Morgan fingerprint density at radius 2 is 1.69 bits per heavy atom. The second-order valence-electron chi connectivity index (χ2n) is 8.62. The summed E-state index contributed by atoms with van der Waals surface area (Å²) in [7, 11) is -3.90. The Hall–Kier alpha value is -2.25. The molecule has 0 radical (unpaired) electrons. The molecule has 0 aromatic heterocycles. The Bertz CT molecular complexity index is 1060. The first-order valence-corrected chi connectivity index (χ1v) is 13.0. The van der Waals surface area contributed by atoms with Gasteiger partial charge in [-0.3, -0.25) is 9.10 Å². The molecule has 1 N–H and O–H groups in total. The number of nitrogens with one attached hydrogen (secondary N) is 1. The quantitative estimate of drug-likeness (QED) is 0.685. The van der Waals surface area contributed by atoms with E-state index in [1.165, 1.54) is 23.6 Å². The average molecular weight is 477 g/mol. The molecule has 2 aromatic carbocycles. The zero-order valence-electron chi connectivity index (χ0n) is 18.2. The molecular formula is C24H29ClN2O4S. The third-order valence-electron chi connectivity index (χ3n) is 6.14. The summed E-state index contributed by atoms with van der Waals surface area (Å²) in [5, 5.41) is 3.50. The van der Waals surface area contributed by atoms with Gasteiger partial charge in [0.15, 0.2) is 6.10 Å². The number of hydrogen-bond donors (Lipinski definition) is 1. The van der Waals surface area contributed by atoms with E-state index in [9.17, 15) is 13.2 Å². The number of benzene rings is 2. The van der Waals surface area contributed by atoms with Gasteiger partial charge < -0.3 is 10.1 Å². The third-order valence-corrected chi connectivity index (χ3v) is 8.17. The monoisotopic (exact) mass is 476 g/mol. The molecule has 0 saturated heterocycles. The van der Waals surface area contributed by atoms with Crippen LogP contribution in [0.5, 0.6) is 5.75 Å². The Morgan fingerprint density at radius 3 is 2.38 bits per heavy atom. The highest BCUT2D eigenvalue weighted by molar-refractivity contribution is 7.92. The van der Waals surface area contributed by atoms with Crippen molar-refractivity contribution in [2.75, 3.05) is 10.8 Å². The second-order valence-corrected chi connectivity index (χ2v) is 10.9. The summed E-state index contributed by atoms with van der Waals surface area (Å²) in [4.78, 5) is 13.3. The van der Waals surface area contributed by atoms with Crippen molar-refractivity contribution in [2.24, 2.45) is 0 Å². The summed E-state index contributed by atoms with van der Waals surface area (Å²) >= 11 is 6.16. The van der Waals surface area contributed by atoms with Gasteiger partial charge in [0.1, 0.15) is 5.75 Å². The van der Waals surface area contributed by atoms with Gasteiger partial charge in [-0.05, 0) is 50.1 Å². The molecule has 1 saturated carbocycles. The molecule has 1 atom stereocenters. The molecule has 1 heterocycles. The van der Waals surface area contributed by atoms with Crippen LogP contribution in [0.3, 0.4) is 0 Å². The van der Waals surface area contributed by atoms with Crippen LogP contribution in [0.4, 0.5) is 5.69 Å². The number of fused-ring (bicyclic) bond motifs is 1. The molecule has 0 bridgehead atoms. The molecule has 2 aromatic rings. The lowest BCUT2D eigenvalue weighted by Gasteiger charge is -2.35. The first-order valence-electron chi connectivity index (χ1n) is 11.2. The zero-order valence-corrected chi connectivity index (χ0v) is 19.8. The van der Waals surface area contributed by atoms with Crippen LogP contribution in [0.25, 0.3) is 0 Å². The average Bonchev–Trinajstić information content (AvgIpc) is 2.75. The van der Waals surface area contributed by atoms with Gasteiger partial charge in [0, 0.05) is 11.1 Å². The number of anilines is 1. The van der Waals surface area contributed by atoms with Gasteiger partial charge in [0.2, 0.25) is 0 Å². The maximum Gasteiger partial charge on any atom is 0.264 e. The summed E-state index contributed by atoms with van der Waals surface area (Å²) in [6.45, 7) is 1.79. The lowest BCUT2D eigenvalue weighted by Crippen LogP contribution is -2.52. The number of amides is 1. The number of carbonyl (C=O) groups excluding carboxylic acids is 1. The van der Waals surface area contributed by atoms with Gasteiger partial charge in [-0.25, -0.2) is 8.42 Å². The Kier molecular flexibility index (Phi) is 6.96. The van der Waals surface area contributed by atoms with Gasteiger partial charge in [0.25, 0.3) is 15.9 Å². The predicted molar refractivity (Wildman–Crippen MR) is 126 cm³/mol. The van der Waals surface area contributed by atoms with Crippen molar-refractivity contribution >= 4 is 33.2 Å². The maximum absolute atomic E-state index is 13.5. The molecule has 1 fully saturated rings. The van der Waals surface area contributed by atoms with Gasteiger partial charge in [-0.15, -0.1) is 0 Å². The molecule has 4 rings (SSSR count). The lowest BCUT2D eigenvalue weighted by atomic mass is 9.96. The van der Waals surface area contributed by atoms with E-state index in [4.69, 9.17) is 16.3 Å². The van der Waals surface area contributed by atoms with E-state index >= 15 is 0 Å². The van der Waals surface area contributed by atoms with Crippen LogP contribution < -0.4 is 14.4 Å². The van der Waals surface area contributed by atoms with Crippen LogP contribution >= 0.6 is 11.6 Å². The lowest BCUT2D eigenvalue weighted by molar-refractivity contribution is -0.128. The van der Waals surface area contributed by atoms with Crippen molar-refractivity contribution in [3.05, 3.63) is 53.1 Å². The van der Waals surface area contributed by atoms with Crippen LogP contribution in [0.2, 0.25) is 5.02 Å². The van der Waals surface area contributed by atoms with E-state index < -0.39 is 16.1 Å². The number of ether oxygens (including phenoxy) is 1. The topological polar surface area (TPSA) is 75.7 Å². The van der Waals surface area contributed by atoms with Crippen LogP contribution in [-0.4, -0.2) is 33.0 Å². The largest absolute Gasteiger partial charge is 0.476 e. The van der Waals surface area contributed by atoms with E-state index in [2.05, 4.69) is 5.32 Å². The fraction of sp³-hybridized carbons (Fsp3) is 0.458. The van der Waals surface area contributed by atoms with Gasteiger partial charge in [-0.1, -0.05) is 61.4 Å². The molecule has 8 heteroatoms. The minimum absolute atomic E-state index is 0.0974. The summed E-state index contributed by atoms with van der Waals surface area (Å²) < 4.78 is 34.2. The normalized spacial score (nSPS) is 19.9. The predicted octanol–water partition coefficient (Wildman–Crippen LogP) is 4.83. The number of rotatable bonds is 4. The number of nitrogens with zero attached hydrogens (tertiary/aromatic N) is 1. The van der Waals surface area contributed by atoms with Gasteiger partial charge >= 0.3 is 0 Å². The summed E-state index contributed by atoms with van der Waals surface area (Å²) in [6, 6.07) is 11.6. The highest BCUT2D eigenvalue weighted by Crippen LogP contribution is 2.39. The first-order chi connectivity index (χ1) is 15.3. The SMILES string of the molecule is Cc1ccc(S(=O)(=O)N2CC(C(=O)NC3CCCCCCC3)Oc3ccc(Cl)cc32)cc1. The summed E-state index contributed by atoms with van der Waals surface area (Å²) in [6.07, 6.45) is 6.74. The molecule has 6 nitrogen and oxygen atoms in total. The smallest absolute Gasteiger partial charge is 0.264 e. The van der Waals surface area contributed by atoms with E-state index in [1.54, 1.807) is 42.5 Å². The van der Waals surface area contributed by atoms with Crippen LogP contribution in [0.1, 0.15) is 50.5 Å². The number of aryl methyl sites for hydroxylation is 1. The van der Waals surface area contributed by atoms with Gasteiger partial charge in [0.05, 0.1) is 17.1 Å². The second kappa shape index (κ2) is 9.71. The molecule has 172 valence electrons. The Morgan fingerprint density at radius 1 is 1.03 bits per heavy atom. The van der Waals surface area contributed by atoms with E-state index in [0.717, 1.165) is 31.2 Å². The fourth-order valence-corrected chi connectivity index (χ4v) is 5.95. The molecule has 1 aliphatic carbocycles. The number of hydrogen-bond acceptors (Lipinski definition) is 4. The van der Waals surface area contributed by atoms with Crippen LogP contribution in [0, 0.1) is 6.92 Å². The van der Waals surface area contributed by atoms with E-state index in [0.29, 0.717) is 16.5 Å². The molecule has 2 aliphatic rings. The van der Waals surface area contributed by atoms with Crippen molar-refractivity contribution in [1.29, 1.82) is 0 Å². The third kappa shape index (κ3) is 5.04. The summed E-state index contributed by atoms with van der Waals surface area (Å²) in [5.41, 5.74) is 1.30. The minimum Gasteiger partial charge on any atom is -0.476 e. The number of carbonyl (C=O) groups is 1. The standard InChI is InChI=1S/C24H29ClN2O4S/c1-17-9-12-20(13-10-17)32(29,30)27-16-23(31-22-14-11-18(25)15-21(22)27)24(28)26-19-7-5-3-2-4-6-8-19/h9-15,19,23H,2-8,16H2,1H3,(H,26,28). The minimum atomic E-state index is -3.90. The van der Waals surface area contributed by atoms with Crippen molar-refractivity contribution in [3.63, 3.8) is 0 Å². The van der Waals surface area contributed by atoms with Crippen LogP contribution in [0.15, 0.2) is 47.4 Å². The van der Waals surface area contributed by atoms with Crippen molar-refractivity contribution in [2.45, 2.75) is 68.9 Å². The Balaban J connectivity index is 1.61. The van der Waals surface area contributed by atoms with E-state index in [-0.39, 0.29) is 23.4 Å². The number of sulfonamides is 1. The van der Waals surface area contributed by atoms with Crippen molar-refractivity contribution < 1.29 is 17.9 Å². The fourth-order valence-electron chi connectivity index (χ4n) is 4.32. The van der Waals surface area contributed by atoms with Crippen molar-refractivity contribution in [3.8, 4) is 5.75 Å². The van der Waals surface area contributed by atoms with E-state index in [1.807, 2.05) is 6.92 Å². The molecular weight excluding hydrogens is 448 g/mol. The summed E-state index contributed by atoms with van der Waals surface area (Å²) in [5.74, 6) is 0.0504. The zero-order chi connectivity index (χ0) is 22.7. The first kappa shape index (κ1) is 22.9. The van der Waals surface area contributed by atoms with Crippen LogP contribution in [-0.2, 0) is 14.8 Å². The molecule has 1 unspecified atom stereocenters. The molecule has 1 amide bonds. The van der Waals surface area contributed by atoms with Gasteiger partial charge in [-0.2, -0.15) is 0 Å².